The highest BCUT2D eigenvalue weighted by Crippen LogP contribution is 2.32. The summed E-state index contributed by atoms with van der Waals surface area (Å²) in [6.07, 6.45) is 3.26. The van der Waals surface area contributed by atoms with Crippen LogP contribution in [0.4, 0.5) is 9.18 Å². The first-order valence-electron chi connectivity index (χ1n) is 10.1. The van der Waals surface area contributed by atoms with Crippen molar-refractivity contribution in [1.82, 2.24) is 14.3 Å². The zero-order valence-corrected chi connectivity index (χ0v) is 19.1. The lowest BCUT2D eigenvalue weighted by atomic mass is 9.83. The maximum Gasteiger partial charge on any atom is 0.404 e. The van der Waals surface area contributed by atoms with Crippen LogP contribution >= 0.6 is 0 Å². The van der Waals surface area contributed by atoms with Crippen LogP contribution in [0, 0.1) is 11.2 Å². The summed E-state index contributed by atoms with van der Waals surface area (Å²) < 4.78 is 42.7. The number of aldehydes is 1. The molecule has 10 heteroatoms. The van der Waals surface area contributed by atoms with Gasteiger partial charge in [0.1, 0.15) is 10.7 Å². The van der Waals surface area contributed by atoms with E-state index in [1.54, 1.807) is 0 Å². The summed E-state index contributed by atoms with van der Waals surface area (Å²) in [7, 11) is -4.17. The van der Waals surface area contributed by atoms with Crippen molar-refractivity contribution in [2.75, 3.05) is 0 Å². The Hall–Kier alpha value is -3.53. The molecule has 2 heterocycles. The lowest BCUT2D eigenvalue weighted by molar-refractivity contribution is 0.111. The van der Waals surface area contributed by atoms with Crippen molar-refractivity contribution in [3.8, 4) is 11.3 Å². The van der Waals surface area contributed by atoms with Crippen LogP contribution in [0.25, 0.3) is 11.3 Å². The molecule has 0 radical (unpaired) electrons. The zero-order valence-electron chi connectivity index (χ0n) is 18.3. The van der Waals surface area contributed by atoms with E-state index >= 15 is 4.39 Å². The van der Waals surface area contributed by atoms with Crippen LogP contribution in [0.5, 0.6) is 0 Å². The van der Waals surface area contributed by atoms with Crippen molar-refractivity contribution in [2.45, 2.75) is 38.1 Å². The summed E-state index contributed by atoms with van der Waals surface area (Å²) >= 11 is 0. The second-order valence-corrected chi connectivity index (χ2v) is 10.4. The maximum absolute atomic E-state index is 15.0. The smallest absolute Gasteiger partial charge is 0.404 e. The molecule has 1 atom stereocenters. The van der Waals surface area contributed by atoms with Crippen LogP contribution in [0.1, 0.15) is 36.7 Å². The van der Waals surface area contributed by atoms with Gasteiger partial charge in [-0.1, -0.05) is 26.8 Å². The number of rotatable bonds is 7. The predicted molar refractivity (Wildman–Crippen MR) is 120 cm³/mol. The minimum atomic E-state index is -4.17. The van der Waals surface area contributed by atoms with E-state index in [1.165, 1.54) is 55.0 Å². The largest absolute Gasteiger partial charge is 0.465 e. The Labute approximate surface area is 191 Å². The maximum atomic E-state index is 15.0. The molecule has 0 saturated heterocycles. The van der Waals surface area contributed by atoms with E-state index in [9.17, 15) is 23.1 Å². The fourth-order valence-corrected chi connectivity index (χ4v) is 4.77. The highest BCUT2D eigenvalue weighted by atomic mass is 32.2. The molecule has 0 fully saturated rings. The summed E-state index contributed by atoms with van der Waals surface area (Å²) in [4.78, 5) is 26.3. The standard InChI is InChI=1S/C23H24FN3O5S/c1-23(2,3)20(26-22(29)30)11-15-10-19(18-8-4-6-16(14-28)21(18)24)27(13-15)33(31,32)17-7-5-9-25-12-17/h4-10,12-14,20,26H,11H2,1-3H3,(H,29,30). The Kier molecular flexibility index (Phi) is 6.68. The number of carbonyl (C=O) groups excluding carboxylic acids is 1. The molecule has 1 unspecified atom stereocenters. The molecular weight excluding hydrogens is 449 g/mol. The van der Waals surface area contributed by atoms with Crippen LogP contribution in [-0.4, -0.2) is 40.9 Å². The molecule has 174 valence electrons. The number of hydrogen-bond acceptors (Lipinski definition) is 5. The Bertz CT molecular complexity index is 1280. The Morgan fingerprint density at radius 3 is 2.58 bits per heavy atom. The third-order valence-corrected chi connectivity index (χ3v) is 6.91. The molecule has 8 nitrogen and oxygen atoms in total. The van der Waals surface area contributed by atoms with Gasteiger partial charge in [0.25, 0.3) is 10.0 Å². The monoisotopic (exact) mass is 473 g/mol. The van der Waals surface area contributed by atoms with Crippen LogP contribution in [-0.2, 0) is 16.4 Å². The third-order valence-electron chi connectivity index (χ3n) is 5.25. The van der Waals surface area contributed by atoms with Gasteiger partial charge in [-0.3, -0.25) is 9.78 Å². The lowest BCUT2D eigenvalue weighted by Gasteiger charge is -2.30. The lowest BCUT2D eigenvalue weighted by Crippen LogP contribution is -2.44. The van der Waals surface area contributed by atoms with Crippen LogP contribution in [0.3, 0.4) is 0 Å². The number of nitrogens with zero attached hydrogens (tertiary/aromatic N) is 2. The number of carbonyl (C=O) groups is 2. The van der Waals surface area contributed by atoms with Gasteiger partial charge in [-0.15, -0.1) is 0 Å². The second kappa shape index (κ2) is 9.14. The quantitative estimate of drug-likeness (QED) is 0.502. The van der Waals surface area contributed by atoms with Gasteiger partial charge in [-0.2, -0.15) is 0 Å². The van der Waals surface area contributed by atoms with Gasteiger partial charge in [-0.05, 0) is 47.7 Å². The SMILES string of the molecule is CC(C)(C)C(Cc1cc(-c2cccc(C=O)c2F)n(S(=O)(=O)c2cccnc2)c1)NC(=O)O. The summed E-state index contributed by atoms with van der Waals surface area (Å²) in [5.74, 6) is -0.851. The predicted octanol–water partition coefficient (Wildman–Crippen LogP) is 3.96. The van der Waals surface area contributed by atoms with Crippen LogP contribution < -0.4 is 5.32 Å². The van der Waals surface area contributed by atoms with E-state index in [2.05, 4.69) is 10.3 Å². The molecule has 0 aliphatic carbocycles. The third kappa shape index (κ3) is 5.11. The summed E-state index contributed by atoms with van der Waals surface area (Å²) in [5.41, 5.74) is -0.274. The molecule has 33 heavy (non-hydrogen) atoms. The first-order valence-corrected chi connectivity index (χ1v) is 11.5. The number of halogens is 1. The zero-order chi connectivity index (χ0) is 24.4. The molecule has 2 N–H and O–H groups in total. The molecule has 3 aromatic rings. The number of amides is 1. The van der Waals surface area contributed by atoms with Crippen molar-refractivity contribution in [1.29, 1.82) is 0 Å². The fourth-order valence-electron chi connectivity index (χ4n) is 3.41. The van der Waals surface area contributed by atoms with Gasteiger partial charge < -0.3 is 10.4 Å². The number of pyridine rings is 1. The number of carboxylic acid groups (broad SMARTS) is 1. The van der Waals surface area contributed by atoms with Gasteiger partial charge in [-0.25, -0.2) is 21.6 Å². The minimum Gasteiger partial charge on any atom is -0.465 e. The van der Waals surface area contributed by atoms with E-state index in [1.807, 2.05) is 20.8 Å². The first-order chi connectivity index (χ1) is 15.4. The number of benzene rings is 1. The van der Waals surface area contributed by atoms with Crippen molar-refractivity contribution in [2.24, 2.45) is 5.41 Å². The topological polar surface area (TPSA) is 118 Å². The molecular formula is C23H24FN3O5S. The molecule has 3 rings (SSSR count). The van der Waals surface area contributed by atoms with Crippen LogP contribution in [0.2, 0.25) is 0 Å². The highest BCUT2D eigenvalue weighted by molar-refractivity contribution is 7.90. The Morgan fingerprint density at radius 2 is 2.00 bits per heavy atom. The van der Waals surface area contributed by atoms with Gasteiger partial charge in [0.2, 0.25) is 0 Å². The second-order valence-electron chi connectivity index (χ2n) is 8.62. The fraction of sp³-hybridized carbons (Fsp3) is 0.261. The number of hydrogen-bond donors (Lipinski definition) is 2. The molecule has 0 saturated carbocycles. The minimum absolute atomic E-state index is 0.0121. The molecule has 1 amide bonds. The van der Waals surface area contributed by atoms with Crippen molar-refractivity contribution >= 4 is 22.4 Å². The molecule has 0 spiro atoms. The van der Waals surface area contributed by atoms with Crippen molar-refractivity contribution in [3.63, 3.8) is 0 Å². The van der Waals surface area contributed by atoms with E-state index in [-0.39, 0.29) is 28.1 Å². The summed E-state index contributed by atoms with van der Waals surface area (Å²) in [5, 5.41) is 11.7. The number of nitrogens with one attached hydrogen (secondary N) is 1. The molecule has 1 aromatic carbocycles. The van der Waals surface area contributed by atoms with Gasteiger partial charge >= 0.3 is 6.09 Å². The molecule has 2 aromatic heterocycles. The molecule has 0 aliphatic heterocycles. The number of aromatic nitrogens is 2. The normalized spacial score (nSPS) is 12.8. The summed E-state index contributed by atoms with van der Waals surface area (Å²) in [6, 6.07) is 7.91. The van der Waals surface area contributed by atoms with Crippen molar-refractivity contribution in [3.05, 3.63) is 71.9 Å². The van der Waals surface area contributed by atoms with E-state index in [0.29, 0.717) is 11.8 Å². The molecule has 0 bridgehead atoms. The van der Waals surface area contributed by atoms with Gasteiger partial charge in [0.15, 0.2) is 6.29 Å². The van der Waals surface area contributed by atoms with Gasteiger partial charge in [0, 0.05) is 30.2 Å². The summed E-state index contributed by atoms with van der Waals surface area (Å²) in [6.45, 7) is 5.56. The van der Waals surface area contributed by atoms with E-state index in [4.69, 9.17) is 0 Å². The Morgan fingerprint density at radius 1 is 1.27 bits per heavy atom. The van der Waals surface area contributed by atoms with E-state index < -0.39 is 33.4 Å². The average Bonchev–Trinajstić information content (AvgIpc) is 3.17. The van der Waals surface area contributed by atoms with Gasteiger partial charge in [0.05, 0.1) is 11.3 Å². The highest BCUT2D eigenvalue weighted by Gasteiger charge is 2.29. The molecule has 0 aliphatic rings. The van der Waals surface area contributed by atoms with Crippen molar-refractivity contribution < 1.29 is 27.5 Å². The Balaban J connectivity index is 2.21. The van der Waals surface area contributed by atoms with Crippen LogP contribution in [0.15, 0.2) is 59.9 Å². The first kappa shape index (κ1) is 24.1. The van der Waals surface area contributed by atoms with E-state index in [0.717, 1.165) is 3.97 Å². The average molecular weight is 474 g/mol.